The number of nitrogens with zero attached hydrogens (tertiary/aromatic N) is 1. The van der Waals surface area contributed by atoms with Crippen LogP contribution in [0.1, 0.15) is 47.0 Å². The number of likely N-dealkylation sites (tertiary alicyclic amines) is 1. The van der Waals surface area contributed by atoms with E-state index in [0.29, 0.717) is 4.99 Å². The van der Waals surface area contributed by atoms with Crippen molar-refractivity contribution in [2.75, 3.05) is 13.1 Å². The van der Waals surface area contributed by atoms with Crippen molar-refractivity contribution in [3.8, 4) is 0 Å². The maximum Gasteiger partial charge on any atom is 0.237 e. The first-order valence-corrected chi connectivity index (χ1v) is 7.53. The molecule has 0 aromatic rings. The molecule has 1 amide bonds. The second-order valence-electron chi connectivity index (χ2n) is 6.14. The summed E-state index contributed by atoms with van der Waals surface area (Å²) in [5.41, 5.74) is 5.58. The van der Waals surface area contributed by atoms with Crippen LogP contribution in [-0.4, -0.2) is 40.5 Å². The van der Waals surface area contributed by atoms with Crippen molar-refractivity contribution in [1.82, 2.24) is 10.2 Å². The molecule has 5 heteroatoms. The molecule has 1 aliphatic rings. The molecule has 110 valence electrons. The third kappa shape index (κ3) is 4.73. The van der Waals surface area contributed by atoms with Gasteiger partial charge >= 0.3 is 0 Å². The molecule has 0 radical (unpaired) electrons. The van der Waals surface area contributed by atoms with Crippen molar-refractivity contribution in [3.63, 3.8) is 0 Å². The van der Waals surface area contributed by atoms with E-state index in [1.54, 1.807) is 0 Å². The van der Waals surface area contributed by atoms with Crippen LogP contribution in [0, 0.1) is 5.92 Å². The van der Waals surface area contributed by atoms with E-state index in [0.717, 1.165) is 32.4 Å². The van der Waals surface area contributed by atoms with Gasteiger partial charge < -0.3 is 11.1 Å². The van der Waals surface area contributed by atoms with Crippen LogP contribution >= 0.6 is 12.2 Å². The average Bonchev–Trinajstić information content (AvgIpc) is 2.37. The number of nitrogens with one attached hydrogen (secondary N) is 1. The van der Waals surface area contributed by atoms with E-state index in [4.69, 9.17) is 18.0 Å². The second kappa shape index (κ2) is 6.66. The maximum absolute atomic E-state index is 12.3. The lowest BCUT2D eigenvalue weighted by molar-refractivity contribution is -0.128. The number of carbonyl (C=O) groups excluding carboxylic acids is 1. The monoisotopic (exact) mass is 285 g/mol. The average molecular weight is 285 g/mol. The van der Waals surface area contributed by atoms with Gasteiger partial charge in [-0.2, -0.15) is 0 Å². The molecule has 0 aliphatic carbocycles. The zero-order chi connectivity index (χ0) is 14.6. The number of piperidine rings is 1. The van der Waals surface area contributed by atoms with Crippen molar-refractivity contribution in [2.24, 2.45) is 11.7 Å². The van der Waals surface area contributed by atoms with Gasteiger partial charge in [-0.25, -0.2) is 0 Å². The summed E-state index contributed by atoms with van der Waals surface area (Å²) in [5.74, 6) is 0.341. The summed E-state index contributed by atoms with van der Waals surface area (Å²) in [4.78, 5) is 15.0. The topological polar surface area (TPSA) is 58.4 Å². The fourth-order valence-electron chi connectivity index (χ4n) is 2.28. The Kier molecular flexibility index (Phi) is 5.74. The molecule has 1 aliphatic heterocycles. The van der Waals surface area contributed by atoms with E-state index < -0.39 is 0 Å². The van der Waals surface area contributed by atoms with Gasteiger partial charge in [0, 0.05) is 18.0 Å². The highest BCUT2D eigenvalue weighted by molar-refractivity contribution is 7.80. The molecule has 1 rings (SSSR count). The van der Waals surface area contributed by atoms with Gasteiger partial charge in [-0.3, -0.25) is 9.69 Å². The third-order valence-corrected chi connectivity index (χ3v) is 4.46. The summed E-state index contributed by atoms with van der Waals surface area (Å²) in [6.45, 7) is 9.88. The van der Waals surface area contributed by atoms with Crippen LogP contribution in [0.2, 0.25) is 0 Å². The Bertz CT molecular complexity index is 344. The lowest BCUT2D eigenvalue weighted by Crippen LogP contribution is -2.54. The molecule has 0 spiro atoms. The lowest BCUT2D eigenvalue weighted by Gasteiger charge is -2.37. The normalized spacial score (nSPS) is 22.8. The fourth-order valence-corrected chi connectivity index (χ4v) is 2.47. The van der Waals surface area contributed by atoms with E-state index in [2.05, 4.69) is 17.1 Å². The first-order chi connectivity index (χ1) is 8.76. The van der Waals surface area contributed by atoms with Crippen molar-refractivity contribution in [1.29, 1.82) is 0 Å². The highest BCUT2D eigenvalue weighted by atomic mass is 32.1. The highest BCUT2D eigenvalue weighted by Gasteiger charge is 2.30. The van der Waals surface area contributed by atoms with Gasteiger partial charge in [-0.1, -0.05) is 19.1 Å². The highest BCUT2D eigenvalue weighted by Crippen LogP contribution is 2.19. The summed E-state index contributed by atoms with van der Waals surface area (Å²) in [5, 5.41) is 3.10. The van der Waals surface area contributed by atoms with Gasteiger partial charge in [0.05, 0.1) is 11.0 Å². The Morgan fingerprint density at radius 3 is 2.74 bits per heavy atom. The molecule has 19 heavy (non-hydrogen) atoms. The number of amides is 1. The Morgan fingerprint density at radius 2 is 2.21 bits per heavy atom. The minimum atomic E-state index is -0.149. The number of carbonyl (C=O) groups is 1. The number of nitrogens with two attached hydrogens (primary N) is 1. The van der Waals surface area contributed by atoms with Crippen molar-refractivity contribution in [2.45, 2.75) is 58.5 Å². The quantitative estimate of drug-likeness (QED) is 0.755. The molecule has 1 saturated heterocycles. The molecular weight excluding hydrogens is 258 g/mol. The van der Waals surface area contributed by atoms with Gasteiger partial charge in [-0.05, 0) is 46.6 Å². The van der Waals surface area contributed by atoms with Crippen LogP contribution in [0.4, 0.5) is 0 Å². The van der Waals surface area contributed by atoms with Gasteiger partial charge in [0.25, 0.3) is 0 Å². The van der Waals surface area contributed by atoms with Crippen LogP contribution in [0.15, 0.2) is 0 Å². The number of rotatable bonds is 5. The zero-order valence-corrected chi connectivity index (χ0v) is 13.3. The van der Waals surface area contributed by atoms with E-state index >= 15 is 0 Å². The number of thiocarbonyl (C=S) groups is 1. The van der Waals surface area contributed by atoms with Crippen LogP contribution < -0.4 is 11.1 Å². The molecular formula is C14H27N3OS. The summed E-state index contributed by atoms with van der Waals surface area (Å²) >= 11 is 5.08. The maximum atomic E-state index is 12.3. The summed E-state index contributed by atoms with van der Waals surface area (Å²) in [6, 6.07) is -0.122. The zero-order valence-electron chi connectivity index (χ0n) is 12.5. The van der Waals surface area contributed by atoms with Crippen molar-refractivity contribution >= 4 is 23.1 Å². The van der Waals surface area contributed by atoms with Gasteiger partial charge in [0.15, 0.2) is 0 Å². The minimum Gasteiger partial charge on any atom is -0.393 e. The Labute approximate surface area is 122 Å². The Hall–Kier alpha value is -0.680. The molecule has 2 atom stereocenters. The van der Waals surface area contributed by atoms with Crippen LogP contribution in [0.3, 0.4) is 0 Å². The molecule has 1 heterocycles. The fraction of sp³-hybridized carbons (Fsp3) is 0.857. The molecule has 0 bridgehead atoms. The molecule has 4 nitrogen and oxygen atoms in total. The van der Waals surface area contributed by atoms with E-state index in [1.807, 2.05) is 20.8 Å². The Balaban J connectivity index is 2.59. The lowest BCUT2D eigenvalue weighted by atomic mass is 9.96. The standard InChI is InChI=1S/C14H27N3OS/c1-5-14(3,4)16-13(18)10(2)17-8-6-7-11(9-17)12(15)19/h10-11H,5-9H2,1-4H3,(H2,15,19)(H,16,18). The predicted molar refractivity (Wildman–Crippen MR) is 83.1 cm³/mol. The SMILES string of the molecule is CCC(C)(C)NC(=O)C(C)N1CCCC(C(N)=S)C1. The predicted octanol–water partition coefficient (Wildman–Crippen LogP) is 1.68. The Morgan fingerprint density at radius 1 is 1.58 bits per heavy atom. The molecule has 3 N–H and O–H groups in total. The first-order valence-electron chi connectivity index (χ1n) is 7.12. The van der Waals surface area contributed by atoms with Gasteiger partial charge in [-0.15, -0.1) is 0 Å². The van der Waals surface area contributed by atoms with Gasteiger partial charge in [0.2, 0.25) is 5.91 Å². The molecule has 0 aromatic heterocycles. The van der Waals surface area contributed by atoms with Crippen LogP contribution in [-0.2, 0) is 4.79 Å². The second-order valence-corrected chi connectivity index (χ2v) is 6.61. The summed E-state index contributed by atoms with van der Waals surface area (Å²) in [7, 11) is 0. The van der Waals surface area contributed by atoms with Crippen LogP contribution in [0.5, 0.6) is 0 Å². The summed E-state index contributed by atoms with van der Waals surface area (Å²) in [6.07, 6.45) is 3.01. The van der Waals surface area contributed by atoms with Crippen LogP contribution in [0.25, 0.3) is 0 Å². The van der Waals surface area contributed by atoms with Crippen molar-refractivity contribution in [3.05, 3.63) is 0 Å². The van der Waals surface area contributed by atoms with E-state index in [9.17, 15) is 4.79 Å². The van der Waals surface area contributed by atoms with E-state index in [1.165, 1.54) is 0 Å². The van der Waals surface area contributed by atoms with Gasteiger partial charge in [0.1, 0.15) is 0 Å². The largest absolute Gasteiger partial charge is 0.393 e. The molecule has 1 fully saturated rings. The summed E-state index contributed by atoms with van der Waals surface area (Å²) < 4.78 is 0. The molecule has 0 saturated carbocycles. The first kappa shape index (κ1) is 16.4. The third-order valence-electron chi connectivity index (χ3n) is 4.13. The smallest absolute Gasteiger partial charge is 0.237 e. The molecule has 2 unspecified atom stereocenters. The van der Waals surface area contributed by atoms with E-state index in [-0.39, 0.29) is 23.4 Å². The minimum absolute atomic E-state index is 0.0930. The number of hydrogen-bond donors (Lipinski definition) is 2. The molecule has 0 aromatic carbocycles. The van der Waals surface area contributed by atoms with Crippen molar-refractivity contribution < 1.29 is 4.79 Å². The number of hydrogen-bond acceptors (Lipinski definition) is 3.